The summed E-state index contributed by atoms with van der Waals surface area (Å²) < 4.78 is 10.7. The molecule has 0 aliphatic carbocycles. The Labute approximate surface area is 125 Å². The number of rotatable bonds is 4. The molecule has 1 aliphatic rings. The summed E-state index contributed by atoms with van der Waals surface area (Å²) in [5.74, 6) is 1.65. The van der Waals surface area contributed by atoms with E-state index in [-0.39, 0.29) is 0 Å². The van der Waals surface area contributed by atoms with Crippen molar-refractivity contribution >= 4 is 11.4 Å². The fourth-order valence-corrected chi connectivity index (χ4v) is 2.69. The van der Waals surface area contributed by atoms with Crippen molar-refractivity contribution in [3.8, 4) is 11.5 Å². The Morgan fingerprint density at radius 2 is 1.76 bits per heavy atom. The Hall–Kier alpha value is -2.36. The van der Waals surface area contributed by atoms with Gasteiger partial charge in [0.15, 0.2) is 0 Å². The van der Waals surface area contributed by atoms with Gasteiger partial charge in [0.2, 0.25) is 0 Å². The number of nitrogens with one attached hydrogen (secondary N) is 1. The second-order valence-corrected chi connectivity index (χ2v) is 5.09. The third-order valence-corrected chi connectivity index (χ3v) is 3.73. The zero-order chi connectivity index (χ0) is 14.7. The van der Waals surface area contributed by atoms with Crippen LogP contribution in [0.4, 0.5) is 11.4 Å². The van der Waals surface area contributed by atoms with E-state index >= 15 is 0 Å². The Morgan fingerprint density at radius 3 is 2.48 bits per heavy atom. The molecule has 21 heavy (non-hydrogen) atoms. The number of para-hydroxylation sites is 2. The summed E-state index contributed by atoms with van der Waals surface area (Å²) in [6.45, 7) is 2.78. The third-order valence-electron chi connectivity index (χ3n) is 3.73. The molecule has 0 fully saturated rings. The van der Waals surface area contributed by atoms with Gasteiger partial charge in [-0.3, -0.25) is 0 Å². The lowest BCUT2D eigenvalue weighted by atomic mass is 10.1. The molecule has 0 saturated heterocycles. The molecule has 1 heterocycles. The lowest BCUT2D eigenvalue weighted by Crippen LogP contribution is -2.33. The number of benzene rings is 2. The van der Waals surface area contributed by atoms with Crippen LogP contribution in [0.3, 0.4) is 0 Å². The summed E-state index contributed by atoms with van der Waals surface area (Å²) in [4.78, 5) is 2.38. The highest BCUT2D eigenvalue weighted by Crippen LogP contribution is 2.31. The molecule has 0 aromatic heterocycles. The first-order chi connectivity index (χ1) is 10.3. The predicted octanol–water partition coefficient (Wildman–Crippen LogP) is 3.14. The molecule has 2 aromatic rings. The molecule has 0 atom stereocenters. The molecule has 110 valence electrons. The average Bonchev–Trinajstić information content (AvgIpc) is 2.55. The van der Waals surface area contributed by atoms with Crippen molar-refractivity contribution in [1.82, 2.24) is 0 Å². The number of fused-ring (bicyclic) bond motifs is 1. The summed E-state index contributed by atoms with van der Waals surface area (Å²) in [7, 11) is 3.36. The van der Waals surface area contributed by atoms with Crippen molar-refractivity contribution in [3.05, 3.63) is 48.0 Å². The Kier molecular flexibility index (Phi) is 3.86. The van der Waals surface area contributed by atoms with Crippen LogP contribution >= 0.6 is 0 Å². The van der Waals surface area contributed by atoms with Gasteiger partial charge in [0.05, 0.1) is 25.6 Å². The summed E-state index contributed by atoms with van der Waals surface area (Å²) in [5, 5.41) is 3.43. The quantitative estimate of drug-likeness (QED) is 0.935. The lowest BCUT2D eigenvalue weighted by Gasteiger charge is -2.32. The van der Waals surface area contributed by atoms with Crippen LogP contribution < -0.4 is 19.7 Å². The molecule has 0 radical (unpaired) electrons. The number of hydrogen-bond acceptors (Lipinski definition) is 4. The van der Waals surface area contributed by atoms with Crippen molar-refractivity contribution in [2.75, 3.05) is 37.5 Å². The molecule has 0 saturated carbocycles. The molecule has 3 rings (SSSR count). The van der Waals surface area contributed by atoms with E-state index < -0.39 is 0 Å². The van der Waals surface area contributed by atoms with E-state index in [4.69, 9.17) is 9.47 Å². The normalized spacial score (nSPS) is 13.3. The van der Waals surface area contributed by atoms with Gasteiger partial charge in [-0.15, -0.1) is 0 Å². The van der Waals surface area contributed by atoms with Crippen molar-refractivity contribution < 1.29 is 9.47 Å². The van der Waals surface area contributed by atoms with E-state index in [1.54, 1.807) is 14.2 Å². The number of ether oxygens (including phenoxy) is 2. The Bertz CT molecular complexity index is 606. The van der Waals surface area contributed by atoms with Crippen molar-refractivity contribution in [2.24, 2.45) is 0 Å². The van der Waals surface area contributed by atoms with Crippen LogP contribution in [0, 0.1) is 0 Å². The molecule has 0 unspecified atom stereocenters. The second kappa shape index (κ2) is 5.95. The number of methoxy groups -OCH3 is 2. The maximum atomic E-state index is 5.35. The minimum atomic E-state index is 0.827. The topological polar surface area (TPSA) is 33.7 Å². The SMILES string of the molecule is COc1cc(CN2CCNc3ccccc32)cc(OC)c1. The molecule has 0 amide bonds. The first kappa shape index (κ1) is 13.6. The fourth-order valence-electron chi connectivity index (χ4n) is 2.69. The van der Waals surface area contributed by atoms with Gasteiger partial charge in [0, 0.05) is 25.7 Å². The molecular weight excluding hydrogens is 264 g/mol. The molecule has 1 aliphatic heterocycles. The van der Waals surface area contributed by atoms with Crippen LogP contribution in [-0.4, -0.2) is 27.3 Å². The van der Waals surface area contributed by atoms with Gasteiger partial charge in [-0.1, -0.05) is 12.1 Å². The predicted molar refractivity (Wildman–Crippen MR) is 85.5 cm³/mol. The zero-order valence-electron chi connectivity index (χ0n) is 12.4. The van der Waals surface area contributed by atoms with Crippen LogP contribution in [0.1, 0.15) is 5.56 Å². The maximum Gasteiger partial charge on any atom is 0.122 e. The highest BCUT2D eigenvalue weighted by atomic mass is 16.5. The third kappa shape index (κ3) is 2.89. The van der Waals surface area contributed by atoms with Gasteiger partial charge in [0.1, 0.15) is 11.5 Å². The summed E-state index contributed by atoms with van der Waals surface area (Å²) in [6.07, 6.45) is 0. The average molecular weight is 284 g/mol. The highest BCUT2D eigenvalue weighted by Gasteiger charge is 2.16. The molecule has 0 spiro atoms. The van der Waals surface area contributed by atoms with Crippen molar-refractivity contribution in [2.45, 2.75) is 6.54 Å². The second-order valence-electron chi connectivity index (χ2n) is 5.09. The van der Waals surface area contributed by atoms with E-state index in [1.165, 1.54) is 16.9 Å². The first-order valence-electron chi connectivity index (χ1n) is 7.10. The van der Waals surface area contributed by atoms with Crippen LogP contribution in [0.5, 0.6) is 11.5 Å². The minimum Gasteiger partial charge on any atom is -0.497 e. The minimum absolute atomic E-state index is 0.827. The van der Waals surface area contributed by atoms with Gasteiger partial charge >= 0.3 is 0 Å². The van der Waals surface area contributed by atoms with E-state index in [0.717, 1.165) is 31.1 Å². The van der Waals surface area contributed by atoms with Gasteiger partial charge in [0.25, 0.3) is 0 Å². The summed E-state index contributed by atoms with van der Waals surface area (Å²) in [6, 6.07) is 14.4. The van der Waals surface area contributed by atoms with Gasteiger partial charge in [-0.2, -0.15) is 0 Å². The summed E-state index contributed by atoms with van der Waals surface area (Å²) in [5.41, 5.74) is 3.62. The highest BCUT2D eigenvalue weighted by molar-refractivity contribution is 5.72. The smallest absolute Gasteiger partial charge is 0.122 e. The standard InChI is InChI=1S/C17H20N2O2/c1-20-14-9-13(10-15(11-14)21-2)12-19-8-7-18-16-5-3-4-6-17(16)19/h3-6,9-11,18H,7-8,12H2,1-2H3. The molecule has 0 bridgehead atoms. The fraction of sp³-hybridized carbons (Fsp3) is 0.294. The van der Waals surface area contributed by atoms with Gasteiger partial charge in [-0.25, -0.2) is 0 Å². The van der Waals surface area contributed by atoms with Crippen molar-refractivity contribution in [3.63, 3.8) is 0 Å². The van der Waals surface area contributed by atoms with Crippen LogP contribution in [-0.2, 0) is 6.54 Å². The first-order valence-corrected chi connectivity index (χ1v) is 7.10. The lowest BCUT2D eigenvalue weighted by molar-refractivity contribution is 0.393. The zero-order valence-corrected chi connectivity index (χ0v) is 12.4. The number of anilines is 2. The molecule has 2 aromatic carbocycles. The largest absolute Gasteiger partial charge is 0.497 e. The maximum absolute atomic E-state index is 5.35. The van der Waals surface area contributed by atoms with Crippen molar-refractivity contribution in [1.29, 1.82) is 0 Å². The van der Waals surface area contributed by atoms with Crippen LogP contribution in [0.2, 0.25) is 0 Å². The Balaban J connectivity index is 1.87. The number of hydrogen-bond donors (Lipinski definition) is 1. The van der Waals surface area contributed by atoms with E-state index in [2.05, 4.69) is 46.6 Å². The number of nitrogens with zero attached hydrogens (tertiary/aromatic N) is 1. The van der Waals surface area contributed by atoms with E-state index in [9.17, 15) is 0 Å². The van der Waals surface area contributed by atoms with Gasteiger partial charge < -0.3 is 19.7 Å². The molecule has 4 heteroatoms. The molecular formula is C17H20N2O2. The van der Waals surface area contributed by atoms with Crippen LogP contribution in [0.25, 0.3) is 0 Å². The molecule has 4 nitrogen and oxygen atoms in total. The van der Waals surface area contributed by atoms with Crippen LogP contribution in [0.15, 0.2) is 42.5 Å². The van der Waals surface area contributed by atoms with E-state index in [1.807, 2.05) is 6.07 Å². The monoisotopic (exact) mass is 284 g/mol. The van der Waals surface area contributed by atoms with E-state index in [0.29, 0.717) is 0 Å². The summed E-state index contributed by atoms with van der Waals surface area (Å²) >= 11 is 0. The Morgan fingerprint density at radius 1 is 1.05 bits per heavy atom. The van der Waals surface area contributed by atoms with Gasteiger partial charge in [-0.05, 0) is 29.8 Å². The molecule has 1 N–H and O–H groups in total.